The highest BCUT2D eigenvalue weighted by atomic mass is 79.9. The lowest BCUT2D eigenvalue weighted by atomic mass is 9.68. The van der Waals surface area contributed by atoms with Crippen molar-refractivity contribution in [2.24, 2.45) is 5.92 Å². The van der Waals surface area contributed by atoms with Gasteiger partial charge in [0, 0.05) is 42.2 Å². The smallest absolute Gasteiger partial charge is 0.316 e. The largest absolute Gasteiger partial charge is 0.468 e. The summed E-state index contributed by atoms with van der Waals surface area (Å²) in [4.78, 5) is 18.0. The van der Waals surface area contributed by atoms with Gasteiger partial charge in [-0.15, -0.1) is 0 Å². The number of benzene rings is 2. The molecule has 1 heterocycles. The highest BCUT2D eigenvalue weighted by molar-refractivity contribution is 9.10. The maximum Gasteiger partial charge on any atom is 0.316 e. The quantitative estimate of drug-likeness (QED) is 0.392. The molecule has 0 amide bonds. The average molecular weight is 522 g/mol. The van der Waals surface area contributed by atoms with E-state index in [1.54, 1.807) is 0 Å². The van der Waals surface area contributed by atoms with Gasteiger partial charge < -0.3 is 9.64 Å². The first kappa shape index (κ1) is 25.2. The molecule has 0 radical (unpaired) electrons. The molecule has 1 saturated heterocycles. The zero-order valence-electron chi connectivity index (χ0n) is 19.3. The van der Waals surface area contributed by atoms with Crippen molar-refractivity contribution in [2.75, 3.05) is 39.8 Å². The van der Waals surface area contributed by atoms with E-state index in [2.05, 4.69) is 57.8 Å². The summed E-state index contributed by atoms with van der Waals surface area (Å²) < 4.78 is 6.32. The van der Waals surface area contributed by atoms with Gasteiger partial charge in [-0.1, -0.05) is 65.6 Å². The zero-order valence-corrected chi connectivity index (χ0v) is 21.7. The minimum Gasteiger partial charge on any atom is -0.468 e. The predicted octanol–water partition coefficient (Wildman–Crippen LogP) is 5.77. The number of rotatable bonds is 9. The van der Waals surface area contributed by atoms with E-state index >= 15 is 0 Å². The van der Waals surface area contributed by atoms with E-state index in [-0.39, 0.29) is 11.9 Å². The molecule has 6 heteroatoms. The third kappa shape index (κ3) is 6.13. The van der Waals surface area contributed by atoms with Gasteiger partial charge in [0.1, 0.15) is 0 Å². The number of ether oxygens (including phenoxy) is 1. The second-order valence-corrected chi connectivity index (χ2v) is 10.3. The summed E-state index contributed by atoms with van der Waals surface area (Å²) in [6.45, 7) is 10.4. The molecule has 1 aliphatic heterocycles. The van der Waals surface area contributed by atoms with E-state index in [1.165, 1.54) is 12.7 Å². The highest BCUT2D eigenvalue weighted by Crippen LogP contribution is 2.39. The molecule has 32 heavy (non-hydrogen) atoms. The van der Waals surface area contributed by atoms with E-state index in [0.717, 1.165) is 67.2 Å². The SMILES string of the molecule is COC(=O)C(CCCN1CCN(Cc2cccc(Cl)c2)CC1)(c1ccc(Br)cc1)C(C)C. The number of piperazine rings is 1. The molecule has 0 spiro atoms. The lowest BCUT2D eigenvalue weighted by Crippen LogP contribution is -2.47. The van der Waals surface area contributed by atoms with Crippen LogP contribution in [0.5, 0.6) is 0 Å². The topological polar surface area (TPSA) is 32.8 Å². The molecule has 0 bridgehead atoms. The van der Waals surface area contributed by atoms with Crippen LogP contribution in [0.25, 0.3) is 0 Å². The Balaban J connectivity index is 1.57. The van der Waals surface area contributed by atoms with Gasteiger partial charge in [-0.2, -0.15) is 0 Å². The van der Waals surface area contributed by atoms with E-state index in [0.29, 0.717) is 0 Å². The fourth-order valence-corrected chi connectivity index (χ4v) is 5.27. The van der Waals surface area contributed by atoms with Gasteiger partial charge in [-0.3, -0.25) is 9.69 Å². The molecule has 2 aromatic rings. The highest BCUT2D eigenvalue weighted by Gasteiger charge is 2.44. The van der Waals surface area contributed by atoms with E-state index in [4.69, 9.17) is 16.3 Å². The first-order valence-corrected chi connectivity index (χ1v) is 12.6. The second kappa shape index (κ2) is 11.6. The van der Waals surface area contributed by atoms with Crippen molar-refractivity contribution in [3.8, 4) is 0 Å². The van der Waals surface area contributed by atoms with Crippen LogP contribution >= 0.6 is 27.5 Å². The van der Waals surface area contributed by atoms with E-state index < -0.39 is 5.41 Å². The monoisotopic (exact) mass is 520 g/mol. The molecule has 1 fully saturated rings. The Labute approximate surface area is 206 Å². The molecule has 1 aliphatic rings. The summed E-state index contributed by atoms with van der Waals surface area (Å²) in [6, 6.07) is 16.2. The standard InChI is InChI=1S/C26H34BrClN2O2/c1-20(2)26(25(31)32-3,22-8-10-23(27)11-9-22)12-5-13-29-14-16-30(17-15-29)19-21-6-4-7-24(28)18-21/h4,6-11,18,20H,5,12-17,19H2,1-3H3. The second-order valence-electron chi connectivity index (χ2n) is 8.98. The molecule has 1 unspecified atom stereocenters. The molecule has 3 rings (SSSR count). The summed E-state index contributed by atoms with van der Waals surface area (Å²) in [5, 5.41) is 0.797. The Bertz CT molecular complexity index is 882. The summed E-state index contributed by atoms with van der Waals surface area (Å²) in [7, 11) is 1.50. The van der Waals surface area contributed by atoms with Gasteiger partial charge in [0.15, 0.2) is 0 Å². The van der Waals surface area contributed by atoms with Gasteiger partial charge in [-0.25, -0.2) is 0 Å². The Hall–Kier alpha value is -1.40. The number of esters is 1. The van der Waals surface area contributed by atoms with Crippen LogP contribution in [0.4, 0.5) is 0 Å². The number of methoxy groups -OCH3 is 1. The summed E-state index contributed by atoms with van der Waals surface area (Å²) in [6.07, 6.45) is 1.74. The van der Waals surface area contributed by atoms with Crippen molar-refractivity contribution in [3.05, 3.63) is 69.2 Å². The molecule has 0 N–H and O–H groups in total. The molecular weight excluding hydrogens is 488 g/mol. The molecule has 4 nitrogen and oxygen atoms in total. The van der Waals surface area contributed by atoms with Crippen molar-refractivity contribution in [2.45, 2.75) is 38.6 Å². The van der Waals surface area contributed by atoms with Gasteiger partial charge in [0.05, 0.1) is 12.5 Å². The fraction of sp³-hybridized carbons (Fsp3) is 0.500. The van der Waals surface area contributed by atoms with Crippen molar-refractivity contribution in [1.29, 1.82) is 0 Å². The normalized spacial score (nSPS) is 17.3. The molecule has 1 atom stereocenters. The molecule has 2 aromatic carbocycles. The first-order valence-electron chi connectivity index (χ1n) is 11.4. The van der Waals surface area contributed by atoms with Gasteiger partial charge in [0.25, 0.3) is 0 Å². The minimum absolute atomic E-state index is 0.138. The maximum absolute atomic E-state index is 13.0. The minimum atomic E-state index is -0.621. The van der Waals surface area contributed by atoms with E-state index in [9.17, 15) is 4.79 Å². The van der Waals surface area contributed by atoms with Gasteiger partial charge in [-0.05, 0) is 60.7 Å². The van der Waals surface area contributed by atoms with Crippen LogP contribution in [-0.2, 0) is 21.5 Å². The molecule has 174 valence electrons. The summed E-state index contributed by atoms with van der Waals surface area (Å²) in [5.74, 6) is 0.00633. The van der Waals surface area contributed by atoms with Gasteiger partial charge in [0.2, 0.25) is 0 Å². The lowest BCUT2D eigenvalue weighted by molar-refractivity contribution is -0.150. The summed E-state index contributed by atoms with van der Waals surface area (Å²) in [5.41, 5.74) is 1.68. The van der Waals surface area contributed by atoms with Crippen molar-refractivity contribution in [3.63, 3.8) is 0 Å². The van der Waals surface area contributed by atoms with Crippen LogP contribution in [0.2, 0.25) is 5.02 Å². The van der Waals surface area contributed by atoms with Crippen LogP contribution < -0.4 is 0 Å². The zero-order chi connectivity index (χ0) is 23.1. The maximum atomic E-state index is 13.0. The fourth-order valence-electron chi connectivity index (χ4n) is 4.80. The van der Waals surface area contributed by atoms with E-state index in [1.807, 2.05) is 30.3 Å². The molecule has 0 aromatic heterocycles. The number of hydrogen-bond acceptors (Lipinski definition) is 4. The van der Waals surface area contributed by atoms with Crippen molar-refractivity contribution >= 4 is 33.5 Å². The average Bonchev–Trinajstić information content (AvgIpc) is 2.78. The van der Waals surface area contributed by atoms with Crippen molar-refractivity contribution in [1.82, 2.24) is 9.80 Å². The number of carbonyl (C=O) groups excluding carboxylic acids is 1. The number of hydrogen-bond donors (Lipinski definition) is 0. The van der Waals surface area contributed by atoms with Crippen LogP contribution in [0.15, 0.2) is 53.0 Å². The number of carbonyl (C=O) groups is 1. The molecule has 0 saturated carbocycles. The Morgan fingerprint density at radius 2 is 1.75 bits per heavy atom. The van der Waals surface area contributed by atoms with Crippen LogP contribution in [0, 0.1) is 5.92 Å². The third-order valence-corrected chi connectivity index (χ3v) is 7.46. The van der Waals surface area contributed by atoms with Crippen LogP contribution in [0.1, 0.15) is 37.8 Å². The molecule has 0 aliphatic carbocycles. The van der Waals surface area contributed by atoms with Gasteiger partial charge >= 0.3 is 5.97 Å². The summed E-state index contributed by atoms with van der Waals surface area (Å²) >= 11 is 9.63. The third-order valence-electron chi connectivity index (χ3n) is 6.70. The van der Waals surface area contributed by atoms with Crippen molar-refractivity contribution < 1.29 is 9.53 Å². The lowest BCUT2D eigenvalue weighted by Gasteiger charge is -2.38. The van der Waals surface area contributed by atoms with Crippen LogP contribution in [0.3, 0.4) is 0 Å². The Kier molecular flexibility index (Phi) is 9.18. The first-order chi connectivity index (χ1) is 15.3. The van der Waals surface area contributed by atoms with Crippen LogP contribution in [-0.4, -0.2) is 55.6 Å². The Morgan fingerprint density at radius 3 is 2.34 bits per heavy atom. The molecular formula is C26H34BrClN2O2. The number of halogens is 2. The predicted molar refractivity (Wildman–Crippen MR) is 135 cm³/mol. The Morgan fingerprint density at radius 1 is 1.09 bits per heavy atom. The number of nitrogens with zero attached hydrogens (tertiary/aromatic N) is 2.